The number of nitrogens with two attached hydrogens (primary N) is 1. The predicted octanol–water partition coefficient (Wildman–Crippen LogP) is 0.816. The number of nitrogen functional groups attached to an aromatic ring is 1. The van der Waals surface area contributed by atoms with Gasteiger partial charge in [0.15, 0.2) is 0 Å². The van der Waals surface area contributed by atoms with E-state index in [1.165, 1.54) is 6.21 Å². The Bertz CT molecular complexity index is 602. The van der Waals surface area contributed by atoms with E-state index >= 15 is 0 Å². The highest BCUT2D eigenvalue weighted by Gasteiger charge is 2.08. The summed E-state index contributed by atoms with van der Waals surface area (Å²) >= 11 is 0. The molecule has 19 heavy (non-hydrogen) atoms. The highest BCUT2D eigenvalue weighted by Crippen LogP contribution is 1.99. The molecule has 0 saturated heterocycles. The summed E-state index contributed by atoms with van der Waals surface area (Å²) < 4.78 is 0. The van der Waals surface area contributed by atoms with Crippen LogP contribution in [0.3, 0.4) is 0 Å². The van der Waals surface area contributed by atoms with E-state index in [-0.39, 0.29) is 11.8 Å². The van der Waals surface area contributed by atoms with Gasteiger partial charge in [-0.15, -0.1) is 5.10 Å². The molecule has 0 aliphatic heterocycles. The summed E-state index contributed by atoms with van der Waals surface area (Å²) in [7, 11) is 0. The summed E-state index contributed by atoms with van der Waals surface area (Å²) in [6.45, 7) is 0. The Morgan fingerprint density at radius 1 is 1.37 bits per heavy atom. The van der Waals surface area contributed by atoms with Crippen LogP contribution in [0.25, 0.3) is 6.08 Å². The summed E-state index contributed by atoms with van der Waals surface area (Å²) in [5, 5.41) is 9.65. The summed E-state index contributed by atoms with van der Waals surface area (Å²) in [5.41, 5.74) is 8.61. The third kappa shape index (κ3) is 3.77. The number of rotatable bonds is 4. The molecule has 1 amide bonds. The fourth-order valence-electron chi connectivity index (χ4n) is 1.29. The molecule has 2 rings (SSSR count). The van der Waals surface area contributed by atoms with Gasteiger partial charge in [0.25, 0.3) is 0 Å². The molecule has 1 aromatic heterocycles. The number of aromatic amines is 1. The van der Waals surface area contributed by atoms with Crippen LogP contribution in [0.4, 0.5) is 5.95 Å². The van der Waals surface area contributed by atoms with Crippen LogP contribution in [0.15, 0.2) is 41.5 Å². The third-order valence-electron chi connectivity index (χ3n) is 2.13. The average molecular weight is 256 g/mol. The van der Waals surface area contributed by atoms with E-state index in [2.05, 4.69) is 25.7 Å². The predicted molar refractivity (Wildman–Crippen MR) is 72.2 cm³/mol. The molecule has 0 saturated carbocycles. The van der Waals surface area contributed by atoms with Crippen molar-refractivity contribution in [2.75, 3.05) is 5.73 Å². The van der Waals surface area contributed by atoms with Gasteiger partial charge < -0.3 is 5.73 Å². The van der Waals surface area contributed by atoms with Gasteiger partial charge in [0.2, 0.25) is 11.8 Å². The van der Waals surface area contributed by atoms with Gasteiger partial charge in [-0.05, 0) is 11.6 Å². The molecule has 0 spiro atoms. The molecule has 2 aromatic rings. The van der Waals surface area contributed by atoms with Gasteiger partial charge in [0.05, 0.1) is 0 Å². The number of allylic oxidation sites excluding steroid dienone is 1. The van der Waals surface area contributed by atoms with E-state index < -0.39 is 5.91 Å². The van der Waals surface area contributed by atoms with E-state index in [0.29, 0.717) is 0 Å². The minimum atomic E-state index is -0.506. The van der Waals surface area contributed by atoms with Gasteiger partial charge in [-0.25, -0.2) is 5.43 Å². The van der Waals surface area contributed by atoms with Crippen molar-refractivity contribution >= 4 is 24.1 Å². The van der Waals surface area contributed by atoms with Crippen molar-refractivity contribution in [1.82, 2.24) is 20.6 Å². The molecule has 0 radical (unpaired) electrons. The molecule has 0 bridgehead atoms. The van der Waals surface area contributed by atoms with Crippen molar-refractivity contribution < 1.29 is 4.79 Å². The van der Waals surface area contributed by atoms with Crippen LogP contribution in [-0.2, 0) is 0 Å². The van der Waals surface area contributed by atoms with Gasteiger partial charge in [0.1, 0.15) is 0 Å². The monoisotopic (exact) mass is 256 g/mol. The number of hydrogen-bond donors (Lipinski definition) is 3. The first-order chi connectivity index (χ1) is 9.25. The minimum absolute atomic E-state index is 0.0121. The number of hydrogen-bond acceptors (Lipinski definition) is 5. The number of nitrogens with one attached hydrogen (secondary N) is 2. The van der Waals surface area contributed by atoms with E-state index in [1.54, 1.807) is 6.08 Å². The van der Waals surface area contributed by atoms with Crippen molar-refractivity contribution in [1.29, 1.82) is 0 Å². The van der Waals surface area contributed by atoms with Crippen molar-refractivity contribution in [3.05, 3.63) is 47.8 Å². The minimum Gasteiger partial charge on any atom is -0.366 e. The van der Waals surface area contributed by atoms with E-state index in [1.807, 2.05) is 36.4 Å². The number of amides is 1. The zero-order chi connectivity index (χ0) is 13.5. The molecule has 0 fully saturated rings. The first-order valence-corrected chi connectivity index (χ1v) is 5.49. The third-order valence-corrected chi connectivity index (χ3v) is 2.13. The van der Waals surface area contributed by atoms with Crippen molar-refractivity contribution in [2.24, 2.45) is 5.10 Å². The van der Waals surface area contributed by atoms with Crippen LogP contribution in [-0.4, -0.2) is 27.3 Å². The molecule has 7 nitrogen and oxygen atoms in total. The van der Waals surface area contributed by atoms with Crippen LogP contribution in [0, 0.1) is 0 Å². The lowest BCUT2D eigenvalue weighted by Crippen LogP contribution is -2.18. The second-order valence-electron chi connectivity index (χ2n) is 3.53. The SMILES string of the molecule is Nc1n[nH]c(C(=O)N/N=C/C=C/c2ccccc2)n1. The lowest BCUT2D eigenvalue weighted by atomic mass is 10.2. The van der Waals surface area contributed by atoms with Gasteiger partial charge >= 0.3 is 5.91 Å². The van der Waals surface area contributed by atoms with Crippen molar-refractivity contribution in [3.63, 3.8) is 0 Å². The molecule has 0 aliphatic rings. The number of carbonyl (C=O) groups is 1. The van der Waals surface area contributed by atoms with Crippen molar-refractivity contribution in [3.8, 4) is 0 Å². The van der Waals surface area contributed by atoms with Crippen LogP contribution in [0.1, 0.15) is 16.2 Å². The van der Waals surface area contributed by atoms with Gasteiger partial charge in [-0.1, -0.05) is 36.4 Å². The number of aromatic nitrogens is 3. The number of hydrazone groups is 1. The maximum atomic E-state index is 11.5. The smallest absolute Gasteiger partial charge is 0.308 e. The summed E-state index contributed by atoms with van der Waals surface area (Å²) in [5.74, 6) is -0.478. The molecule has 0 aliphatic carbocycles. The first kappa shape index (κ1) is 12.5. The summed E-state index contributed by atoms with van der Waals surface area (Å²) in [4.78, 5) is 15.1. The normalized spacial score (nSPS) is 11.2. The number of anilines is 1. The van der Waals surface area contributed by atoms with E-state index in [4.69, 9.17) is 5.73 Å². The Labute approximate surface area is 109 Å². The average Bonchev–Trinajstić information content (AvgIpc) is 2.86. The zero-order valence-electron chi connectivity index (χ0n) is 9.95. The largest absolute Gasteiger partial charge is 0.366 e. The molecule has 4 N–H and O–H groups in total. The Balaban J connectivity index is 1.84. The Hall–Kier alpha value is -2.96. The molecule has 1 aromatic carbocycles. The number of nitrogens with zero attached hydrogens (tertiary/aromatic N) is 3. The maximum absolute atomic E-state index is 11.5. The van der Waals surface area contributed by atoms with Crippen molar-refractivity contribution in [2.45, 2.75) is 0 Å². The fourth-order valence-corrected chi connectivity index (χ4v) is 1.29. The van der Waals surface area contributed by atoms with Gasteiger partial charge in [0, 0.05) is 6.21 Å². The fraction of sp³-hybridized carbons (Fsp3) is 0. The molecule has 96 valence electrons. The Morgan fingerprint density at radius 2 is 2.16 bits per heavy atom. The molecule has 1 heterocycles. The second-order valence-corrected chi connectivity index (χ2v) is 3.53. The lowest BCUT2D eigenvalue weighted by Gasteiger charge is -1.92. The highest BCUT2D eigenvalue weighted by atomic mass is 16.2. The highest BCUT2D eigenvalue weighted by molar-refractivity contribution is 5.91. The summed E-state index contributed by atoms with van der Waals surface area (Å²) in [6.07, 6.45) is 5.04. The Kier molecular flexibility index (Phi) is 4.01. The number of carbonyl (C=O) groups excluding carboxylic acids is 1. The van der Waals surface area contributed by atoms with Crippen LogP contribution >= 0.6 is 0 Å². The van der Waals surface area contributed by atoms with Gasteiger partial charge in [-0.2, -0.15) is 10.1 Å². The Morgan fingerprint density at radius 3 is 2.84 bits per heavy atom. The zero-order valence-corrected chi connectivity index (χ0v) is 9.95. The second kappa shape index (κ2) is 6.10. The summed E-state index contributed by atoms with van der Waals surface area (Å²) in [6, 6.07) is 9.73. The quantitative estimate of drug-likeness (QED) is 0.555. The molecule has 7 heteroatoms. The van der Waals surface area contributed by atoms with Crippen LogP contribution in [0.2, 0.25) is 0 Å². The van der Waals surface area contributed by atoms with Crippen LogP contribution < -0.4 is 11.2 Å². The van der Waals surface area contributed by atoms with Gasteiger partial charge in [-0.3, -0.25) is 9.89 Å². The number of H-pyrrole nitrogens is 1. The first-order valence-electron chi connectivity index (χ1n) is 5.49. The molecule has 0 atom stereocenters. The maximum Gasteiger partial charge on any atom is 0.308 e. The van der Waals surface area contributed by atoms with Crippen LogP contribution in [0.5, 0.6) is 0 Å². The molecular formula is C12H12N6O. The van der Waals surface area contributed by atoms with E-state index in [9.17, 15) is 4.79 Å². The van der Waals surface area contributed by atoms with E-state index in [0.717, 1.165) is 5.56 Å². The topological polar surface area (TPSA) is 109 Å². The number of benzene rings is 1. The standard InChI is InChI=1S/C12H12N6O/c13-12-15-10(16-18-12)11(19)17-14-8-4-7-9-5-2-1-3-6-9/h1-8H,(H,17,19)(H3,13,15,16,18)/b7-4+,14-8+. The molecular weight excluding hydrogens is 244 g/mol. The lowest BCUT2D eigenvalue weighted by molar-refractivity contribution is 0.0945. The molecule has 0 unspecified atom stereocenters.